The molecular weight excluding hydrogens is 297 g/mol. The van der Waals surface area contributed by atoms with Crippen LogP contribution in [0.1, 0.15) is 18.9 Å². The van der Waals surface area contributed by atoms with Crippen LogP contribution in [0.4, 0.5) is 5.69 Å². The van der Waals surface area contributed by atoms with Crippen LogP contribution in [0.15, 0.2) is 35.3 Å². The summed E-state index contributed by atoms with van der Waals surface area (Å²) in [5.74, 6) is 0. The van der Waals surface area contributed by atoms with E-state index in [0.717, 1.165) is 24.2 Å². The Balaban J connectivity index is 2.22. The molecular formula is C14H15Cl2N3O. The first-order valence-electron chi connectivity index (χ1n) is 6.35. The largest absolute Gasteiger partial charge is 0.384 e. The van der Waals surface area contributed by atoms with E-state index in [2.05, 4.69) is 17.3 Å². The molecule has 106 valence electrons. The Bertz CT molecular complexity index is 655. The molecule has 0 saturated heterocycles. The maximum absolute atomic E-state index is 12.0. The molecule has 2 rings (SSSR count). The fraction of sp³-hybridized carbons (Fsp3) is 0.286. The van der Waals surface area contributed by atoms with Gasteiger partial charge in [-0.3, -0.25) is 4.79 Å². The Hall–Kier alpha value is -1.52. The van der Waals surface area contributed by atoms with Crippen LogP contribution in [0.3, 0.4) is 0 Å². The minimum atomic E-state index is -0.179. The molecule has 0 unspecified atom stereocenters. The minimum Gasteiger partial charge on any atom is -0.384 e. The third-order valence-corrected chi connectivity index (χ3v) is 3.66. The molecule has 1 N–H and O–H groups in total. The van der Waals surface area contributed by atoms with E-state index in [1.165, 1.54) is 10.7 Å². The Kier molecular flexibility index (Phi) is 5.04. The number of rotatable bonds is 5. The Labute approximate surface area is 127 Å². The molecule has 6 heteroatoms. The van der Waals surface area contributed by atoms with Gasteiger partial charge in [-0.05, 0) is 18.1 Å². The van der Waals surface area contributed by atoms with E-state index in [9.17, 15) is 4.79 Å². The van der Waals surface area contributed by atoms with Crippen LogP contribution in [0, 0.1) is 0 Å². The van der Waals surface area contributed by atoms with Crippen molar-refractivity contribution in [2.75, 3.05) is 11.9 Å². The predicted octanol–water partition coefficient (Wildman–Crippen LogP) is 3.42. The number of nitrogens with zero attached hydrogens (tertiary/aromatic N) is 2. The smallest absolute Gasteiger partial charge is 0.269 e. The van der Waals surface area contributed by atoms with Gasteiger partial charge in [-0.2, -0.15) is 5.10 Å². The van der Waals surface area contributed by atoms with Crippen molar-refractivity contribution in [1.82, 2.24) is 9.78 Å². The van der Waals surface area contributed by atoms with Crippen molar-refractivity contribution >= 4 is 28.9 Å². The molecule has 2 aromatic rings. The maximum Gasteiger partial charge on any atom is 0.269 e. The summed E-state index contributed by atoms with van der Waals surface area (Å²) in [6.07, 6.45) is 2.62. The van der Waals surface area contributed by atoms with Gasteiger partial charge in [-0.15, -0.1) is 0 Å². The van der Waals surface area contributed by atoms with Crippen LogP contribution >= 0.6 is 23.2 Å². The molecule has 0 amide bonds. The predicted molar refractivity (Wildman–Crippen MR) is 82.8 cm³/mol. The number of nitrogens with one attached hydrogen (secondary N) is 1. The summed E-state index contributed by atoms with van der Waals surface area (Å²) >= 11 is 12.1. The van der Waals surface area contributed by atoms with Gasteiger partial charge in [0.2, 0.25) is 0 Å². The highest BCUT2D eigenvalue weighted by molar-refractivity contribution is 6.42. The molecule has 20 heavy (non-hydrogen) atoms. The van der Waals surface area contributed by atoms with Gasteiger partial charge in [0.1, 0.15) is 0 Å². The quantitative estimate of drug-likeness (QED) is 0.920. The van der Waals surface area contributed by atoms with Gasteiger partial charge in [0.05, 0.1) is 28.5 Å². The van der Waals surface area contributed by atoms with Crippen molar-refractivity contribution in [3.63, 3.8) is 0 Å². The van der Waals surface area contributed by atoms with E-state index >= 15 is 0 Å². The number of aromatic nitrogens is 2. The second-order valence-electron chi connectivity index (χ2n) is 4.38. The zero-order chi connectivity index (χ0) is 14.5. The highest BCUT2D eigenvalue weighted by atomic mass is 35.5. The second-order valence-corrected chi connectivity index (χ2v) is 5.17. The van der Waals surface area contributed by atoms with Crippen LogP contribution in [0.5, 0.6) is 0 Å². The van der Waals surface area contributed by atoms with E-state index in [4.69, 9.17) is 23.2 Å². The van der Waals surface area contributed by atoms with Gasteiger partial charge in [0.25, 0.3) is 5.56 Å². The van der Waals surface area contributed by atoms with Crippen LogP contribution in [-0.4, -0.2) is 16.3 Å². The summed E-state index contributed by atoms with van der Waals surface area (Å²) in [5, 5.41) is 8.19. The van der Waals surface area contributed by atoms with E-state index in [0.29, 0.717) is 16.6 Å². The molecule has 1 aromatic heterocycles. The molecule has 0 aliphatic rings. The topological polar surface area (TPSA) is 46.9 Å². The number of benzene rings is 1. The first kappa shape index (κ1) is 14.9. The monoisotopic (exact) mass is 311 g/mol. The molecule has 4 nitrogen and oxygen atoms in total. The Morgan fingerprint density at radius 3 is 2.85 bits per heavy atom. The van der Waals surface area contributed by atoms with Gasteiger partial charge in [-0.25, -0.2) is 4.68 Å². The van der Waals surface area contributed by atoms with E-state index < -0.39 is 0 Å². The lowest BCUT2D eigenvalue weighted by Gasteiger charge is -2.09. The number of anilines is 1. The van der Waals surface area contributed by atoms with Gasteiger partial charge < -0.3 is 5.32 Å². The zero-order valence-corrected chi connectivity index (χ0v) is 12.6. The average Bonchev–Trinajstić information content (AvgIpc) is 2.44. The Morgan fingerprint density at radius 2 is 2.15 bits per heavy atom. The first-order valence-corrected chi connectivity index (χ1v) is 7.11. The third-order valence-electron chi connectivity index (χ3n) is 2.80. The molecule has 0 aliphatic heterocycles. The highest BCUT2D eigenvalue weighted by Gasteiger charge is 2.07. The van der Waals surface area contributed by atoms with Crippen molar-refractivity contribution in [2.24, 2.45) is 0 Å². The van der Waals surface area contributed by atoms with Gasteiger partial charge in [-0.1, -0.05) is 42.3 Å². The molecule has 0 bridgehead atoms. The van der Waals surface area contributed by atoms with Crippen LogP contribution in [0.2, 0.25) is 10.0 Å². The fourth-order valence-corrected chi connectivity index (χ4v) is 2.13. The summed E-state index contributed by atoms with van der Waals surface area (Å²) in [4.78, 5) is 12.0. The second kappa shape index (κ2) is 6.77. The zero-order valence-electron chi connectivity index (χ0n) is 11.1. The summed E-state index contributed by atoms with van der Waals surface area (Å²) in [5.41, 5.74) is 1.32. The molecule has 0 saturated carbocycles. The average molecular weight is 312 g/mol. The van der Waals surface area contributed by atoms with Crippen molar-refractivity contribution in [3.05, 3.63) is 56.4 Å². The van der Waals surface area contributed by atoms with Crippen molar-refractivity contribution in [3.8, 4) is 0 Å². The van der Waals surface area contributed by atoms with Crippen LogP contribution in [0.25, 0.3) is 0 Å². The van der Waals surface area contributed by atoms with Crippen LogP contribution in [-0.2, 0) is 6.54 Å². The van der Waals surface area contributed by atoms with Gasteiger partial charge in [0.15, 0.2) is 0 Å². The molecule has 0 spiro atoms. The summed E-state index contributed by atoms with van der Waals surface area (Å²) in [6, 6.07) is 6.86. The minimum absolute atomic E-state index is 0.179. The third kappa shape index (κ3) is 3.52. The maximum atomic E-state index is 12.0. The SMILES string of the molecule is CCCNc1cnn(Cc2cccc(Cl)c2Cl)c(=O)c1. The standard InChI is InChI=1S/C14H15Cl2N3O/c1-2-6-17-11-7-13(20)19(18-8-11)9-10-4-3-5-12(15)14(10)16/h3-5,7-8,17H,2,6,9H2,1H3. The van der Waals surface area contributed by atoms with Crippen molar-refractivity contribution in [2.45, 2.75) is 19.9 Å². The molecule has 1 heterocycles. The first-order chi connectivity index (χ1) is 9.61. The van der Waals surface area contributed by atoms with E-state index in [1.807, 2.05) is 6.07 Å². The van der Waals surface area contributed by atoms with Crippen molar-refractivity contribution in [1.29, 1.82) is 0 Å². The molecule has 0 fully saturated rings. The molecule has 0 atom stereocenters. The molecule has 0 aliphatic carbocycles. The van der Waals surface area contributed by atoms with Crippen LogP contribution < -0.4 is 10.9 Å². The normalized spacial score (nSPS) is 10.6. The lowest BCUT2D eigenvalue weighted by Crippen LogP contribution is -2.23. The summed E-state index contributed by atoms with van der Waals surface area (Å²) in [7, 11) is 0. The van der Waals surface area contributed by atoms with E-state index in [-0.39, 0.29) is 5.56 Å². The summed E-state index contributed by atoms with van der Waals surface area (Å²) in [6.45, 7) is 3.17. The molecule has 0 radical (unpaired) electrons. The summed E-state index contributed by atoms with van der Waals surface area (Å²) < 4.78 is 1.36. The number of halogens is 2. The lowest BCUT2D eigenvalue weighted by atomic mass is 10.2. The van der Waals surface area contributed by atoms with Gasteiger partial charge in [0, 0.05) is 12.6 Å². The Morgan fingerprint density at radius 1 is 1.35 bits per heavy atom. The number of hydrogen-bond acceptors (Lipinski definition) is 3. The highest BCUT2D eigenvalue weighted by Crippen LogP contribution is 2.25. The molecule has 1 aromatic carbocycles. The number of hydrogen-bond donors (Lipinski definition) is 1. The van der Waals surface area contributed by atoms with E-state index in [1.54, 1.807) is 18.3 Å². The van der Waals surface area contributed by atoms with Crippen molar-refractivity contribution < 1.29 is 0 Å². The fourth-order valence-electron chi connectivity index (χ4n) is 1.75. The lowest BCUT2D eigenvalue weighted by molar-refractivity contribution is 0.639. The van der Waals surface area contributed by atoms with Gasteiger partial charge >= 0.3 is 0 Å².